The van der Waals surface area contributed by atoms with E-state index in [0.717, 1.165) is 36.1 Å². The van der Waals surface area contributed by atoms with E-state index >= 15 is 0 Å². The Morgan fingerprint density at radius 3 is 2.69 bits per heavy atom. The number of anilines is 1. The highest BCUT2D eigenvalue weighted by Gasteiger charge is 2.32. The van der Waals surface area contributed by atoms with Gasteiger partial charge in [0, 0.05) is 30.0 Å². The third kappa shape index (κ3) is 4.45. The summed E-state index contributed by atoms with van der Waals surface area (Å²) in [4.78, 5) is 21.6. The van der Waals surface area contributed by atoms with Gasteiger partial charge in [0.05, 0.1) is 6.20 Å². The van der Waals surface area contributed by atoms with Gasteiger partial charge < -0.3 is 10.6 Å². The van der Waals surface area contributed by atoms with Gasteiger partial charge >= 0.3 is 0 Å². The number of amides is 1. The Morgan fingerprint density at radius 1 is 1.17 bits per heavy atom. The first kappa shape index (κ1) is 19.1. The van der Waals surface area contributed by atoms with Crippen LogP contribution in [0.5, 0.6) is 0 Å². The van der Waals surface area contributed by atoms with Crippen molar-refractivity contribution < 1.29 is 4.79 Å². The van der Waals surface area contributed by atoms with E-state index in [2.05, 4.69) is 55.1 Å². The van der Waals surface area contributed by atoms with Gasteiger partial charge in [0.1, 0.15) is 5.82 Å². The first-order valence-corrected chi connectivity index (χ1v) is 10.0. The predicted molar refractivity (Wildman–Crippen MR) is 112 cm³/mol. The van der Waals surface area contributed by atoms with Crippen molar-refractivity contribution >= 4 is 11.7 Å². The van der Waals surface area contributed by atoms with E-state index in [0.29, 0.717) is 18.3 Å². The summed E-state index contributed by atoms with van der Waals surface area (Å²) < 4.78 is 0. The molecule has 1 fully saturated rings. The number of aromatic nitrogens is 4. The highest BCUT2D eigenvalue weighted by Crippen LogP contribution is 2.36. The molecule has 1 saturated carbocycles. The van der Waals surface area contributed by atoms with Gasteiger partial charge in [0.15, 0.2) is 0 Å². The molecule has 150 valence electrons. The molecule has 0 atom stereocenters. The monoisotopic (exact) mass is 390 g/mol. The summed E-state index contributed by atoms with van der Waals surface area (Å²) >= 11 is 0. The molecular weight excluding hydrogens is 364 g/mol. The molecule has 2 aromatic heterocycles. The number of aryl methyl sites for hydroxylation is 1. The summed E-state index contributed by atoms with van der Waals surface area (Å²) in [5.41, 5.74) is 4.23. The van der Waals surface area contributed by atoms with Crippen molar-refractivity contribution in [3.8, 4) is 0 Å². The van der Waals surface area contributed by atoms with Crippen molar-refractivity contribution in [2.75, 3.05) is 11.9 Å². The van der Waals surface area contributed by atoms with Crippen molar-refractivity contribution in [3.05, 3.63) is 70.9 Å². The Labute approximate surface area is 170 Å². The molecule has 0 unspecified atom stereocenters. The molecule has 7 nitrogen and oxygen atoms in total. The minimum absolute atomic E-state index is 0.176. The van der Waals surface area contributed by atoms with Crippen LogP contribution in [-0.2, 0) is 6.42 Å². The van der Waals surface area contributed by atoms with Crippen LogP contribution >= 0.6 is 0 Å². The van der Waals surface area contributed by atoms with Crippen LogP contribution in [0, 0.1) is 13.8 Å². The van der Waals surface area contributed by atoms with Gasteiger partial charge in [-0.25, -0.2) is 9.97 Å². The fraction of sp³-hybridized carbons (Fsp3) is 0.364. The number of rotatable bonds is 7. The Hall–Kier alpha value is -3.22. The minimum atomic E-state index is -0.206. The Balaban J connectivity index is 1.35. The third-order valence-electron chi connectivity index (χ3n) is 5.60. The van der Waals surface area contributed by atoms with Crippen molar-refractivity contribution in [2.45, 2.75) is 45.1 Å². The maximum Gasteiger partial charge on any atom is 0.289 e. The molecule has 3 N–H and O–H groups in total. The van der Waals surface area contributed by atoms with E-state index in [-0.39, 0.29) is 17.8 Å². The van der Waals surface area contributed by atoms with Gasteiger partial charge in [0.25, 0.3) is 5.91 Å². The lowest BCUT2D eigenvalue weighted by Gasteiger charge is -2.36. The lowest BCUT2D eigenvalue weighted by atomic mass is 9.76. The SMILES string of the molecule is Cc1nc(C(=O)NC2CC(c3ccccc3)C2)nc(NCCc2cn[nH]c2)c1C. The number of hydrogen-bond donors (Lipinski definition) is 3. The van der Waals surface area contributed by atoms with Crippen LogP contribution < -0.4 is 10.6 Å². The van der Waals surface area contributed by atoms with E-state index in [1.165, 1.54) is 5.56 Å². The van der Waals surface area contributed by atoms with Crippen LogP contribution in [-0.4, -0.2) is 38.7 Å². The van der Waals surface area contributed by atoms with Crippen molar-refractivity contribution in [3.63, 3.8) is 0 Å². The zero-order valence-corrected chi connectivity index (χ0v) is 16.8. The molecule has 3 aromatic rings. The van der Waals surface area contributed by atoms with E-state index < -0.39 is 0 Å². The number of H-pyrrole nitrogens is 1. The Morgan fingerprint density at radius 2 is 1.97 bits per heavy atom. The number of benzene rings is 1. The van der Waals surface area contributed by atoms with Gasteiger partial charge in [-0.3, -0.25) is 9.89 Å². The van der Waals surface area contributed by atoms with E-state index in [1.807, 2.05) is 26.1 Å². The van der Waals surface area contributed by atoms with Gasteiger partial charge in [-0.2, -0.15) is 5.10 Å². The number of carbonyl (C=O) groups is 1. The fourth-order valence-electron chi connectivity index (χ4n) is 3.63. The number of nitrogens with zero attached hydrogens (tertiary/aromatic N) is 3. The molecule has 1 aliphatic carbocycles. The molecule has 29 heavy (non-hydrogen) atoms. The molecule has 0 saturated heterocycles. The average molecular weight is 390 g/mol. The van der Waals surface area contributed by atoms with Gasteiger partial charge in [-0.15, -0.1) is 0 Å². The quantitative estimate of drug-likeness (QED) is 0.576. The first-order valence-electron chi connectivity index (χ1n) is 10.0. The zero-order chi connectivity index (χ0) is 20.2. The van der Waals surface area contributed by atoms with E-state index in [9.17, 15) is 4.79 Å². The van der Waals surface area contributed by atoms with E-state index in [1.54, 1.807) is 6.20 Å². The Bertz CT molecular complexity index is 964. The van der Waals surface area contributed by atoms with Gasteiger partial charge in [-0.05, 0) is 50.2 Å². The number of nitrogens with one attached hydrogen (secondary N) is 3. The second kappa shape index (κ2) is 8.43. The van der Waals surface area contributed by atoms with Crippen LogP contribution in [0.3, 0.4) is 0 Å². The normalized spacial score (nSPS) is 18.1. The summed E-state index contributed by atoms with van der Waals surface area (Å²) in [6, 6.07) is 10.6. The molecule has 0 bridgehead atoms. The minimum Gasteiger partial charge on any atom is -0.369 e. The van der Waals surface area contributed by atoms with Crippen LogP contribution in [0.1, 0.15) is 51.8 Å². The highest BCUT2D eigenvalue weighted by molar-refractivity contribution is 5.91. The molecule has 1 aliphatic rings. The molecule has 1 aromatic carbocycles. The summed E-state index contributed by atoms with van der Waals surface area (Å²) in [6.45, 7) is 4.58. The number of aromatic amines is 1. The second-order valence-corrected chi connectivity index (χ2v) is 7.64. The van der Waals surface area contributed by atoms with Gasteiger partial charge in [-0.1, -0.05) is 30.3 Å². The molecule has 7 heteroatoms. The topological polar surface area (TPSA) is 95.6 Å². The molecule has 0 radical (unpaired) electrons. The highest BCUT2D eigenvalue weighted by atomic mass is 16.2. The fourth-order valence-corrected chi connectivity index (χ4v) is 3.63. The molecular formula is C22H26N6O. The summed E-state index contributed by atoms with van der Waals surface area (Å²) in [7, 11) is 0. The van der Waals surface area contributed by atoms with Gasteiger partial charge in [0.2, 0.25) is 5.82 Å². The second-order valence-electron chi connectivity index (χ2n) is 7.64. The van der Waals surface area contributed by atoms with Crippen molar-refractivity contribution in [1.82, 2.24) is 25.5 Å². The summed E-state index contributed by atoms with van der Waals surface area (Å²) in [6.07, 6.45) is 6.41. The maximum absolute atomic E-state index is 12.7. The van der Waals surface area contributed by atoms with Crippen molar-refractivity contribution in [1.29, 1.82) is 0 Å². The third-order valence-corrected chi connectivity index (χ3v) is 5.60. The standard InChI is InChI=1S/C22H26N6O/c1-14-15(2)26-21(28-20(14)23-9-8-16-12-24-25-13-16)22(29)27-19-10-18(11-19)17-6-4-3-5-7-17/h3-7,12-13,18-19H,8-11H2,1-2H3,(H,24,25)(H,27,29)(H,23,26,28). The lowest BCUT2D eigenvalue weighted by Crippen LogP contribution is -2.44. The molecule has 1 amide bonds. The van der Waals surface area contributed by atoms with Crippen LogP contribution in [0.2, 0.25) is 0 Å². The molecule has 0 aliphatic heterocycles. The Kier molecular flexibility index (Phi) is 5.55. The number of carbonyl (C=O) groups excluding carboxylic acids is 1. The smallest absolute Gasteiger partial charge is 0.289 e. The largest absolute Gasteiger partial charge is 0.369 e. The van der Waals surface area contributed by atoms with Crippen LogP contribution in [0.4, 0.5) is 5.82 Å². The average Bonchev–Trinajstić information content (AvgIpc) is 3.21. The maximum atomic E-state index is 12.7. The molecule has 2 heterocycles. The van der Waals surface area contributed by atoms with Crippen LogP contribution in [0.15, 0.2) is 42.7 Å². The van der Waals surface area contributed by atoms with E-state index in [4.69, 9.17) is 0 Å². The summed E-state index contributed by atoms with van der Waals surface area (Å²) in [5, 5.41) is 13.2. The molecule has 4 rings (SSSR count). The lowest BCUT2D eigenvalue weighted by molar-refractivity contribution is 0.0898. The number of hydrogen-bond acceptors (Lipinski definition) is 5. The predicted octanol–water partition coefficient (Wildman–Crippen LogP) is 3.15. The first-order chi connectivity index (χ1) is 14.1. The molecule has 0 spiro atoms. The van der Waals surface area contributed by atoms with Crippen molar-refractivity contribution in [2.24, 2.45) is 0 Å². The van der Waals surface area contributed by atoms with Crippen LogP contribution in [0.25, 0.3) is 0 Å². The summed E-state index contributed by atoms with van der Waals surface area (Å²) in [5.74, 6) is 1.24. The zero-order valence-electron chi connectivity index (χ0n) is 16.8.